The van der Waals surface area contributed by atoms with Crippen LogP contribution in [0.15, 0.2) is 12.1 Å². The van der Waals surface area contributed by atoms with E-state index in [-0.39, 0.29) is 11.3 Å². The molecule has 0 radical (unpaired) electrons. The third-order valence-corrected chi connectivity index (χ3v) is 2.68. The van der Waals surface area contributed by atoms with E-state index in [1.165, 1.54) is 17.0 Å². The van der Waals surface area contributed by atoms with Gasteiger partial charge in [0.25, 0.3) is 5.91 Å². The highest BCUT2D eigenvalue weighted by Crippen LogP contribution is 2.25. The largest absolute Gasteiger partial charge is 0.538 e. The number of hydrogen-bond acceptors (Lipinski definition) is 3. The number of amides is 1. The molecule has 0 spiro atoms. The smallest absolute Gasteiger partial charge is 0.504 e. The molecule has 98 valence electrons. The summed E-state index contributed by atoms with van der Waals surface area (Å²) in [5, 5.41) is 8.79. The third kappa shape index (κ3) is 3.01. The fraction of sp³-hybridized carbons (Fsp3) is 0.417. The van der Waals surface area contributed by atoms with Crippen molar-refractivity contribution < 1.29 is 18.9 Å². The van der Waals surface area contributed by atoms with E-state index < -0.39 is 19.4 Å². The quantitative estimate of drug-likeness (QED) is 0.803. The Labute approximate surface area is 107 Å². The molecular weight excluding hydrogens is 236 g/mol. The summed E-state index contributed by atoms with van der Waals surface area (Å²) in [4.78, 5) is 13.7. The molecule has 0 aliphatic carbocycles. The maximum Gasteiger partial charge on any atom is 0.504 e. The zero-order valence-corrected chi connectivity index (χ0v) is 10.9. The lowest BCUT2D eigenvalue weighted by molar-refractivity contribution is 0.0766. The summed E-state index contributed by atoms with van der Waals surface area (Å²) in [5.41, 5.74) is 0.505. The molecule has 0 aliphatic rings. The zero-order chi connectivity index (χ0) is 13.7. The van der Waals surface area contributed by atoms with Crippen molar-refractivity contribution in [3.8, 4) is 5.75 Å². The van der Waals surface area contributed by atoms with Crippen molar-refractivity contribution in [2.75, 3.05) is 13.1 Å². The molecule has 0 aromatic heterocycles. The molecule has 1 aromatic carbocycles. The predicted octanol–water partition coefficient (Wildman–Crippen LogP) is 1.25. The van der Waals surface area contributed by atoms with Gasteiger partial charge in [0.15, 0.2) is 0 Å². The van der Waals surface area contributed by atoms with Crippen LogP contribution in [-0.4, -0.2) is 36.6 Å². The Morgan fingerprint density at radius 1 is 1.44 bits per heavy atom. The summed E-state index contributed by atoms with van der Waals surface area (Å²) in [6.45, 7) is 6.31. The molecule has 4 nitrogen and oxygen atoms in total. The van der Waals surface area contributed by atoms with Crippen molar-refractivity contribution in [2.45, 2.75) is 20.8 Å². The van der Waals surface area contributed by atoms with E-state index in [1.54, 1.807) is 6.92 Å². The molecule has 0 saturated carbocycles. The fourth-order valence-electron chi connectivity index (χ4n) is 1.77. The van der Waals surface area contributed by atoms with Crippen LogP contribution in [0.3, 0.4) is 0 Å². The molecule has 0 unspecified atom stereocenters. The van der Waals surface area contributed by atoms with Gasteiger partial charge in [-0.25, -0.2) is 4.39 Å². The van der Waals surface area contributed by atoms with Gasteiger partial charge in [0, 0.05) is 13.1 Å². The first-order valence-electron chi connectivity index (χ1n) is 5.88. The Kier molecular flexibility index (Phi) is 5.16. The van der Waals surface area contributed by atoms with E-state index in [4.69, 9.17) is 9.68 Å². The van der Waals surface area contributed by atoms with Crippen LogP contribution < -0.4 is 4.65 Å². The number of carbonyl (C=O) groups is 1. The van der Waals surface area contributed by atoms with Crippen molar-refractivity contribution in [3.05, 3.63) is 29.1 Å². The Morgan fingerprint density at radius 2 is 2.06 bits per heavy atom. The second kappa shape index (κ2) is 6.40. The number of rotatable bonds is 5. The number of hydrogen-bond donors (Lipinski definition) is 1. The molecule has 0 fully saturated rings. The Bertz CT molecular complexity index is 436. The average molecular weight is 253 g/mol. The third-order valence-electron chi connectivity index (χ3n) is 2.68. The molecule has 0 atom stereocenters. The molecular formula is C12H17BFNO3. The van der Waals surface area contributed by atoms with E-state index in [1.807, 2.05) is 13.8 Å². The normalized spacial score (nSPS) is 10.1. The summed E-state index contributed by atoms with van der Waals surface area (Å²) in [6.07, 6.45) is 0. The lowest BCUT2D eigenvalue weighted by Gasteiger charge is -2.21. The van der Waals surface area contributed by atoms with Crippen LogP contribution in [0.2, 0.25) is 0 Å². The van der Waals surface area contributed by atoms with Crippen LogP contribution in [0.1, 0.15) is 29.8 Å². The first-order chi connectivity index (χ1) is 8.54. The molecule has 0 heterocycles. The highest BCUT2D eigenvalue weighted by molar-refractivity contribution is 6.17. The molecule has 0 aliphatic heterocycles. The van der Waals surface area contributed by atoms with Crippen LogP contribution in [0.25, 0.3) is 0 Å². The van der Waals surface area contributed by atoms with E-state index in [9.17, 15) is 9.18 Å². The Balaban J connectivity index is 3.24. The van der Waals surface area contributed by atoms with Gasteiger partial charge in [0.2, 0.25) is 0 Å². The first-order valence-corrected chi connectivity index (χ1v) is 5.88. The van der Waals surface area contributed by atoms with E-state index in [2.05, 4.69) is 0 Å². The van der Waals surface area contributed by atoms with Gasteiger partial charge >= 0.3 is 7.69 Å². The summed E-state index contributed by atoms with van der Waals surface area (Å²) in [5.74, 6) is -0.983. The summed E-state index contributed by atoms with van der Waals surface area (Å²) in [7, 11) is -0.596. The van der Waals surface area contributed by atoms with Crippen molar-refractivity contribution in [3.63, 3.8) is 0 Å². The fourth-order valence-corrected chi connectivity index (χ4v) is 1.77. The second-order valence-corrected chi connectivity index (χ2v) is 3.87. The maximum atomic E-state index is 13.9. The SMILES string of the molecule is CCN(CC)C(=O)c1c(F)cc(C)cc1OBO. The standard InChI is InChI=1S/C12H17BFNO3/c1-4-15(5-2)12(16)11-9(14)6-8(3)7-10(11)18-13-17/h6-7,13,17H,4-5H2,1-3H3. The number of aryl methyl sites for hydroxylation is 1. The van der Waals surface area contributed by atoms with Crippen LogP contribution in [-0.2, 0) is 0 Å². The number of nitrogens with zero attached hydrogens (tertiary/aromatic N) is 1. The number of halogens is 1. The van der Waals surface area contributed by atoms with E-state index in [0.717, 1.165) is 0 Å². The molecule has 6 heteroatoms. The Morgan fingerprint density at radius 3 is 2.56 bits per heavy atom. The monoisotopic (exact) mass is 253 g/mol. The van der Waals surface area contributed by atoms with E-state index in [0.29, 0.717) is 18.7 Å². The van der Waals surface area contributed by atoms with E-state index >= 15 is 0 Å². The van der Waals surface area contributed by atoms with Crippen LogP contribution in [0, 0.1) is 12.7 Å². The lowest BCUT2D eigenvalue weighted by Crippen LogP contribution is -2.31. The van der Waals surface area contributed by atoms with Crippen LogP contribution in [0.4, 0.5) is 4.39 Å². The molecule has 1 rings (SSSR count). The predicted molar refractivity (Wildman–Crippen MR) is 68.4 cm³/mol. The Hall–Kier alpha value is -1.56. The van der Waals surface area contributed by atoms with Crippen molar-refractivity contribution in [1.82, 2.24) is 4.90 Å². The van der Waals surface area contributed by atoms with Gasteiger partial charge in [0.05, 0.1) is 0 Å². The number of carbonyl (C=O) groups excluding carboxylic acids is 1. The van der Waals surface area contributed by atoms with Gasteiger partial charge in [-0.2, -0.15) is 0 Å². The minimum Gasteiger partial charge on any atom is -0.538 e. The molecule has 1 amide bonds. The molecule has 0 saturated heterocycles. The topological polar surface area (TPSA) is 49.8 Å². The first kappa shape index (κ1) is 14.5. The van der Waals surface area contributed by atoms with Crippen molar-refractivity contribution in [2.24, 2.45) is 0 Å². The second-order valence-electron chi connectivity index (χ2n) is 3.87. The zero-order valence-electron chi connectivity index (χ0n) is 10.9. The summed E-state index contributed by atoms with van der Waals surface area (Å²) in [6, 6.07) is 2.82. The van der Waals surface area contributed by atoms with Gasteiger partial charge < -0.3 is 14.6 Å². The van der Waals surface area contributed by atoms with Gasteiger partial charge in [-0.15, -0.1) is 0 Å². The summed E-state index contributed by atoms with van der Waals surface area (Å²) >= 11 is 0. The van der Waals surface area contributed by atoms with Crippen molar-refractivity contribution >= 4 is 13.6 Å². The molecule has 18 heavy (non-hydrogen) atoms. The molecule has 1 N–H and O–H groups in total. The van der Waals surface area contributed by atoms with Gasteiger partial charge in [-0.05, 0) is 38.5 Å². The minimum atomic E-state index is -0.629. The van der Waals surface area contributed by atoms with Gasteiger partial charge in [-0.3, -0.25) is 4.79 Å². The molecule has 1 aromatic rings. The number of benzene rings is 1. The maximum absolute atomic E-state index is 13.9. The highest BCUT2D eigenvalue weighted by atomic mass is 19.1. The lowest BCUT2D eigenvalue weighted by atomic mass is 10.1. The van der Waals surface area contributed by atoms with Crippen LogP contribution in [0.5, 0.6) is 5.75 Å². The van der Waals surface area contributed by atoms with Gasteiger partial charge in [-0.1, -0.05) is 0 Å². The van der Waals surface area contributed by atoms with Crippen molar-refractivity contribution in [1.29, 1.82) is 0 Å². The van der Waals surface area contributed by atoms with Gasteiger partial charge in [0.1, 0.15) is 17.1 Å². The minimum absolute atomic E-state index is 0.0758. The summed E-state index contributed by atoms with van der Waals surface area (Å²) < 4.78 is 18.8. The molecule has 0 bridgehead atoms. The average Bonchev–Trinajstić information content (AvgIpc) is 2.30. The van der Waals surface area contributed by atoms with Crippen LogP contribution >= 0.6 is 0 Å². The highest BCUT2D eigenvalue weighted by Gasteiger charge is 2.22.